The van der Waals surface area contributed by atoms with E-state index in [4.69, 9.17) is 11.6 Å². The number of carbonyl (C=O) groups is 1. The number of aromatic nitrogens is 1. The van der Waals surface area contributed by atoms with Gasteiger partial charge in [-0.3, -0.25) is 9.78 Å². The van der Waals surface area contributed by atoms with E-state index in [2.05, 4.69) is 4.98 Å². The summed E-state index contributed by atoms with van der Waals surface area (Å²) in [6.45, 7) is 0. The summed E-state index contributed by atoms with van der Waals surface area (Å²) in [5.41, 5.74) is 2.52. The number of rotatable bonds is 3. The Morgan fingerprint density at radius 2 is 1.85 bits per heavy atom. The van der Waals surface area contributed by atoms with Crippen LogP contribution in [0, 0.1) is 0 Å². The van der Waals surface area contributed by atoms with Crippen molar-refractivity contribution in [2.45, 2.75) is 6.42 Å². The van der Waals surface area contributed by atoms with Gasteiger partial charge in [0.2, 0.25) is 0 Å². The lowest BCUT2D eigenvalue weighted by Crippen LogP contribution is -2.04. The van der Waals surface area contributed by atoms with E-state index < -0.39 is 0 Å². The lowest BCUT2D eigenvalue weighted by molar-refractivity contribution is 0.0993. The average molecular weight is 282 g/mol. The molecule has 3 rings (SSSR count). The average Bonchev–Trinajstić information content (AvgIpc) is 2.48. The zero-order valence-electron chi connectivity index (χ0n) is 10.7. The van der Waals surface area contributed by atoms with Gasteiger partial charge in [-0.15, -0.1) is 0 Å². The molecule has 0 amide bonds. The normalized spacial score (nSPS) is 10.7. The molecule has 0 spiro atoms. The highest BCUT2D eigenvalue weighted by molar-refractivity contribution is 6.31. The molecule has 0 aliphatic carbocycles. The predicted molar refractivity (Wildman–Crippen MR) is 81.2 cm³/mol. The molecule has 1 heterocycles. The molecule has 0 radical (unpaired) electrons. The van der Waals surface area contributed by atoms with Crippen LogP contribution < -0.4 is 0 Å². The van der Waals surface area contributed by atoms with Gasteiger partial charge in [-0.05, 0) is 23.8 Å². The molecule has 0 saturated carbocycles. The van der Waals surface area contributed by atoms with Gasteiger partial charge < -0.3 is 0 Å². The maximum atomic E-state index is 12.3. The number of hydrogen-bond donors (Lipinski definition) is 0. The Kier molecular flexibility index (Phi) is 3.48. The van der Waals surface area contributed by atoms with Crippen LogP contribution >= 0.6 is 11.6 Å². The molecule has 3 heteroatoms. The second-order valence-corrected chi connectivity index (χ2v) is 5.03. The largest absolute Gasteiger partial charge is 0.294 e. The van der Waals surface area contributed by atoms with E-state index in [0.717, 1.165) is 22.0 Å². The van der Waals surface area contributed by atoms with E-state index >= 15 is 0 Å². The van der Waals surface area contributed by atoms with Crippen LogP contribution in [0.25, 0.3) is 10.9 Å². The SMILES string of the molecule is O=C(Cc1ccnc2cc(Cl)ccc12)c1ccccc1. The van der Waals surface area contributed by atoms with Gasteiger partial charge in [0.25, 0.3) is 0 Å². The van der Waals surface area contributed by atoms with E-state index in [1.54, 1.807) is 6.20 Å². The van der Waals surface area contributed by atoms with Crippen molar-refractivity contribution in [3.63, 3.8) is 0 Å². The Morgan fingerprint density at radius 3 is 2.65 bits per heavy atom. The molecular formula is C17H12ClNO. The maximum absolute atomic E-state index is 12.3. The molecule has 2 aromatic carbocycles. The van der Waals surface area contributed by atoms with Crippen LogP contribution in [0.4, 0.5) is 0 Å². The Morgan fingerprint density at radius 1 is 1.05 bits per heavy atom. The van der Waals surface area contributed by atoms with E-state index in [1.165, 1.54) is 0 Å². The van der Waals surface area contributed by atoms with Gasteiger partial charge in [0.15, 0.2) is 5.78 Å². The molecule has 0 aliphatic heterocycles. The summed E-state index contributed by atoms with van der Waals surface area (Å²) in [6, 6.07) is 16.8. The molecular weight excluding hydrogens is 270 g/mol. The molecule has 0 bridgehead atoms. The summed E-state index contributed by atoms with van der Waals surface area (Å²) >= 11 is 5.97. The van der Waals surface area contributed by atoms with E-state index in [0.29, 0.717) is 11.4 Å². The summed E-state index contributed by atoms with van der Waals surface area (Å²) in [7, 11) is 0. The van der Waals surface area contributed by atoms with Crippen molar-refractivity contribution in [2.24, 2.45) is 0 Å². The summed E-state index contributed by atoms with van der Waals surface area (Å²) in [5.74, 6) is 0.105. The third-order valence-electron chi connectivity index (χ3n) is 3.24. The van der Waals surface area contributed by atoms with Crippen molar-refractivity contribution in [1.82, 2.24) is 4.98 Å². The number of hydrogen-bond acceptors (Lipinski definition) is 2. The van der Waals surface area contributed by atoms with Gasteiger partial charge >= 0.3 is 0 Å². The van der Waals surface area contributed by atoms with E-state index in [9.17, 15) is 4.79 Å². The zero-order chi connectivity index (χ0) is 13.9. The third-order valence-corrected chi connectivity index (χ3v) is 3.48. The van der Waals surface area contributed by atoms with Crippen molar-refractivity contribution in [3.8, 4) is 0 Å². The minimum atomic E-state index is 0.105. The fraction of sp³-hybridized carbons (Fsp3) is 0.0588. The number of pyridine rings is 1. The molecule has 0 saturated heterocycles. The minimum Gasteiger partial charge on any atom is -0.294 e. The maximum Gasteiger partial charge on any atom is 0.167 e. The first kappa shape index (κ1) is 12.8. The number of halogens is 1. The minimum absolute atomic E-state index is 0.105. The first-order chi connectivity index (χ1) is 9.74. The van der Waals surface area contributed by atoms with Gasteiger partial charge in [-0.25, -0.2) is 0 Å². The molecule has 98 valence electrons. The quantitative estimate of drug-likeness (QED) is 0.670. The van der Waals surface area contributed by atoms with E-state index in [-0.39, 0.29) is 5.78 Å². The fourth-order valence-corrected chi connectivity index (χ4v) is 2.40. The molecule has 0 fully saturated rings. The van der Waals surface area contributed by atoms with Crippen LogP contribution in [0.2, 0.25) is 5.02 Å². The van der Waals surface area contributed by atoms with Crippen molar-refractivity contribution >= 4 is 28.3 Å². The highest BCUT2D eigenvalue weighted by atomic mass is 35.5. The monoisotopic (exact) mass is 281 g/mol. The second kappa shape index (κ2) is 5.43. The number of nitrogens with zero attached hydrogens (tertiary/aromatic N) is 1. The smallest absolute Gasteiger partial charge is 0.167 e. The Balaban J connectivity index is 1.97. The molecule has 2 nitrogen and oxygen atoms in total. The summed E-state index contributed by atoms with van der Waals surface area (Å²) in [6.07, 6.45) is 2.08. The van der Waals surface area contributed by atoms with Crippen molar-refractivity contribution in [3.05, 3.63) is 76.9 Å². The molecule has 0 unspecified atom stereocenters. The predicted octanol–water partition coefficient (Wildman–Crippen LogP) is 4.31. The first-order valence-electron chi connectivity index (χ1n) is 6.35. The van der Waals surface area contributed by atoms with Crippen LogP contribution in [-0.2, 0) is 6.42 Å². The fourth-order valence-electron chi connectivity index (χ4n) is 2.23. The van der Waals surface area contributed by atoms with Crippen molar-refractivity contribution < 1.29 is 4.79 Å². The summed E-state index contributed by atoms with van der Waals surface area (Å²) in [4.78, 5) is 16.6. The molecule has 3 aromatic rings. The van der Waals surface area contributed by atoms with Gasteiger partial charge in [0.05, 0.1) is 5.52 Å². The lowest BCUT2D eigenvalue weighted by atomic mass is 10.0. The van der Waals surface area contributed by atoms with Crippen LogP contribution in [0.1, 0.15) is 15.9 Å². The number of benzene rings is 2. The molecule has 20 heavy (non-hydrogen) atoms. The van der Waals surface area contributed by atoms with Crippen LogP contribution in [0.5, 0.6) is 0 Å². The van der Waals surface area contributed by atoms with Crippen LogP contribution in [-0.4, -0.2) is 10.8 Å². The second-order valence-electron chi connectivity index (χ2n) is 4.60. The molecule has 1 aromatic heterocycles. The summed E-state index contributed by atoms with van der Waals surface area (Å²) in [5, 5.41) is 1.62. The topological polar surface area (TPSA) is 30.0 Å². The first-order valence-corrected chi connectivity index (χ1v) is 6.73. The number of fused-ring (bicyclic) bond motifs is 1. The summed E-state index contributed by atoms with van der Waals surface area (Å²) < 4.78 is 0. The van der Waals surface area contributed by atoms with Crippen LogP contribution in [0.15, 0.2) is 60.8 Å². The third kappa shape index (κ3) is 2.56. The number of ketones is 1. The number of carbonyl (C=O) groups excluding carboxylic acids is 1. The zero-order valence-corrected chi connectivity index (χ0v) is 11.5. The van der Waals surface area contributed by atoms with E-state index in [1.807, 2.05) is 54.6 Å². The van der Waals surface area contributed by atoms with Crippen LogP contribution in [0.3, 0.4) is 0 Å². The Hall–Kier alpha value is -2.19. The van der Waals surface area contributed by atoms with Gasteiger partial charge in [-0.2, -0.15) is 0 Å². The molecule has 0 N–H and O–H groups in total. The standard InChI is InChI=1S/C17H12ClNO/c18-14-6-7-15-13(8-9-19-16(15)11-14)10-17(20)12-4-2-1-3-5-12/h1-9,11H,10H2. The van der Waals surface area contributed by atoms with Gasteiger partial charge in [0.1, 0.15) is 0 Å². The highest BCUT2D eigenvalue weighted by Crippen LogP contribution is 2.22. The Labute approximate surface area is 122 Å². The lowest BCUT2D eigenvalue weighted by Gasteiger charge is -2.06. The molecule has 0 aliphatic rings. The van der Waals surface area contributed by atoms with Gasteiger partial charge in [0, 0.05) is 28.6 Å². The Bertz CT molecular complexity index is 768. The van der Waals surface area contributed by atoms with Crippen molar-refractivity contribution in [2.75, 3.05) is 0 Å². The number of Topliss-reactive ketones (excluding diaryl/α,β-unsaturated/α-hetero) is 1. The highest BCUT2D eigenvalue weighted by Gasteiger charge is 2.09. The van der Waals surface area contributed by atoms with Crippen molar-refractivity contribution in [1.29, 1.82) is 0 Å². The van der Waals surface area contributed by atoms with Gasteiger partial charge in [-0.1, -0.05) is 48.0 Å². The molecule has 0 atom stereocenters.